The van der Waals surface area contributed by atoms with E-state index in [1.54, 1.807) is 28.8 Å². The highest BCUT2D eigenvalue weighted by Gasteiger charge is 2.21. The maximum atomic E-state index is 12.9. The molecule has 4 rings (SSSR count). The molecule has 0 atom stereocenters. The molecule has 0 radical (unpaired) electrons. The number of aromatic nitrogens is 2. The van der Waals surface area contributed by atoms with Crippen molar-refractivity contribution in [3.63, 3.8) is 0 Å². The number of nitrogens with one attached hydrogen (secondary N) is 1. The summed E-state index contributed by atoms with van der Waals surface area (Å²) in [4.78, 5) is 4.84. The van der Waals surface area contributed by atoms with E-state index in [-0.39, 0.29) is 4.90 Å². The van der Waals surface area contributed by atoms with Crippen molar-refractivity contribution in [3.05, 3.63) is 84.6 Å². The smallest absolute Gasteiger partial charge is 0.263 e. The lowest BCUT2D eigenvalue weighted by molar-refractivity contribution is 0.601. The Morgan fingerprint density at radius 3 is 2.46 bits per heavy atom. The molecule has 6 heteroatoms. The first-order chi connectivity index (χ1) is 12.5. The molecule has 0 saturated heterocycles. The van der Waals surface area contributed by atoms with Crippen LogP contribution in [0, 0.1) is 6.92 Å². The third kappa shape index (κ3) is 2.95. The zero-order valence-electron chi connectivity index (χ0n) is 14.1. The molecule has 0 fully saturated rings. The monoisotopic (exact) mass is 363 g/mol. The zero-order chi connectivity index (χ0) is 18.1. The quantitative estimate of drug-likeness (QED) is 0.593. The van der Waals surface area contributed by atoms with Crippen LogP contribution in [-0.2, 0) is 10.0 Å². The SMILES string of the molecule is Cc1cccc(S(=O)(=O)Nc2c(-c3ccccc3)nc3ccccn23)c1. The molecule has 2 aromatic carbocycles. The molecule has 130 valence electrons. The van der Waals surface area contributed by atoms with E-state index in [2.05, 4.69) is 9.71 Å². The number of aryl methyl sites for hydroxylation is 1. The van der Waals surface area contributed by atoms with Crippen molar-refractivity contribution in [3.8, 4) is 11.3 Å². The van der Waals surface area contributed by atoms with Gasteiger partial charge in [0.1, 0.15) is 11.3 Å². The standard InChI is InChI=1S/C20H17N3O2S/c1-15-8-7-11-17(14-15)26(24,25)22-20-19(16-9-3-2-4-10-16)21-18-12-5-6-13-23(18)20/h2-14,22H,1H3. The maximum Gasteiger partial charge on any atom is 0.263 e. The third-order valence-electron chi connectivity index (χ3n) is 4.11. The summed E-state index contributed by atoms with van der Waals surface area (Å²) in [5.41, 5.74) is 2.99. The summed E-state index contributed by atoms with van der Waals surface area (Å²) >= 11 is 0. The lowest BCUT2D eigenvalue weighted by Crippen LogP contribution is -2.15. The summed E-state index contributed by atoms with van der Waals surface area (Å²) in [6.45, 7) is 1.86. The molecule has 0 unspecified atom stereocenters. The van der Waals surface area contributed by atoms with Crippen molar-refractivity contribution in [2.75, 3.05) is 4.72 Å². The second-order valence-electron chi connectivity index (χ2n) is 6.03. The molecule has 4 aromatic rings. The summed E-state index contributed by atoms with van der Waals surface area (Å²) in [6.07, 6.45) is 1.79. The van der Waals surface area contributed by atoms with Crippen molar-refractivity contribution >= 4 is 21.5 Å². The zero-order valence-corrected chi connectivity index (χ0v) is 14.9. The van der Waals surface area contributed by atoms with Gasteiger partial charge in [-0.1, -0.05) is 48.5 Å². The van der Waals surface area contributed by atoms with E-state index >= 15 is 0 Å². The van der Waals surface area contributed by atoms with Crippen molar-refractivity contribution in [2.45, 2.75) is 11.8 Å². The lowest BCUT2D eigenvalue weighted by Gasteiger charge is -2.10. The Bertz CT molecular complexity index is 1180. The van der Waals surface area contributed by atoms with E-state index in [0.29, 0.717) is 17.2 Å². The number of hydrogen-bond acceptors (Lipinski definition) is 3. The Kier molecular flexibility index (Phi) is 3.97. The number of sulfonamides is 1. The van der Waals surface area contributed by atoms with E-state index < -0.39 is 10.0 Å². The highest BCUT2D eigenvalue weighted by atomic mass is 32.2. The molecule has 0 aliphatic carbocycles. The molecule has 26 heavy (non-hydrogen) atoms. The Labute approximate surface area is 152 Å². The van der Waals surface area contributed by atoms with Crippen LogP contribution in [0.1, 0.15) is 5.56 Å². The summed E-state index contributed by atoms with van der Waals surface area (Å²) < 4.78 is 30.3. The number of anilines is 1. The minimum atomic E-state index is -3.74. The Hall–Kier alpha value is -3.12. The molecule has 0 spiro atoms. The van der Waals surface area contributed by atoms with Crippen molar-refractivity contribution in [1.29, 1.82) is 0 Å². The molecular weight excluding hydrogens is 346 g/mol. The number of pyridine rings is 1. The molecular formula is C20H17N3O2S. The third-order valence-corrected chi connectivity index (χ3v) is 5.44. The van der Waals surface area contributed by atoms with E-state index in [4.69, 9.17) is 0 Å². The first kappa shape index (κ1) is 16.4. The molecule has 5 nitrogen and oxygen atoms in total. The fourth-order valence-electron chi connectivity index (χ4n) is 2.86. The normalized spacial score (nSPS) is 11.6. The fraction of sp³-hybridized carbons (Fsp3) is 0.0500. The van der Waals surface area contributed by atoms with Gasteiger partial charge in [-0.15, -0.1) is 0 Å². The second kappa shape index (κ2) is 6.31. The molecule has 0 aliphatic heterocycles. The van der Waals surface area contributed by atoms with Gasteiger partial charge in [0.2, 0.25) is 0 Å². The van der Waals surface area contributed by atoms with Gasteiger partial charge in [-0.25, -0.2) is 13.4 Å². The molecule has 0 amide bonds. The molecule has 0 bridgehead atoms. The van der Waals surface area contributed by atoms with E-state index in [1.807, 2.05) is 61.5 Å². The molecule has 1 N–H and O–H groups in total. The average Bonchev–Trinajstić information content (AvgIpc) is 3.01. The number of imidazole rings is 1. The van der Waals surface area contributed by atoms with Crippen LogP contribution in [-0.4, -0.2) is 17.8 Å². The summed E-state index contributed by atoms with van der Waals surface area (Å²) in [5, 5.41) is 0. The van der Waals surface area contributed by atoms with Gasteiger partial charge >= 0.3 is 0 Å². The van der Waals surface area contributed by atoms with Gasteiger partial charge in [-0.3, -0.25) is 9.12 Å². The van der Waals surface area contributed by atoms with Crippen LogP contribution in [0.5, 0.6) is 0 Å². The molecule has 2 aromatic heterocycles. The highest BCUT2D eigenvalue weighted by molar-refractivity contribution is 7.92. The van der Waals surface area contributed by atoms with Gasteiger partial charge in [-0.05, 0) is 36.8 Å². The van der Waals surface area contributed by atoms with Crippen LogP contribution in [0.4, 0.5) is 5.82 Å². The number of fused-ring (bicyclic) bond motifs is 1. The van der Waals surface area contributed by atoms with Crippen LogP contribution in [0.15, 0.2) is 83.9 Å². The maximum absolute atomic E-state index is 12.9. The fourth-order valence-corrected chi connectivity index (χ4v) is 4.03. The van der Waals surface area contributed by atoms with Crippen LogP contribution in [0.25, 0.3) is 16.9 Å². The Morgan fingerprint density at radius 1 is 0.923 bits per heavy atom. The van der Waals surface area contributed by atoms with E-state index in [1.165, 1.54) is 0 Å². The topological polar surface area (TPSA) is 63.5 Å². The lowest BCUT2D eigenvalue weighted by atomic mass is 10.1. The highest BCUT2D eigenvalue weighted by Crippen LogP contribution is 2.30. The van der Waals surface area contributed by atoms with Crippen molar-refractivity contribution in [2.24, 2.45) is 0 Å². The van der Waals surface area contributed by atoms with Gasteiger partial charge in [0.25, 0.3) is 10.0 Å². The van der Waals surface area contributed by atoms with E-state index in [0.717, 1.165) is 11.1 Å². The Balaban J connectivity index is 1.88. The summed E-state index contributed by atoms with van der Waals surface area (Å²) in [7, 11) is -3.74. The van der Waals surface area contributed by atoms with Crippen LogP contribution in [0.3, 0.4) is 0 Å². The summed E-state index contributed by atoms with van der Waals surface area (Å²) in [6, 6.07) is 21.9. The molecule has 2 heterocycles. The van der Waals surface area contributed by atoms with E-state index in [9.17, 15) is 8.42 Å². The van der Waals surface area contributed by atoms with Crippen LogP contribution < -0.4 is 4.72 Å². The van der Waals surface area contributed by atoms with Gasteiger partial charge in [0, 0.05) is 11.8 Å². The van der Waals surface area contributed by atoms with Gasteiger partial charge in [0.15, 0.2) is 5.82 Å². The molecule has 0 saturated carbocycles. The molecule has 0 aliphatic rings. The number of hydrogen-bond donors (Lipinski definition) is 1. The van der Waals surface area contributed by atoms with Crippen LogP contribution in [0.2, 0.25) is 0 Å². The van der Waals surface area contributed by atoms with Gasteiger partial charge in [0.05, 0.1) is 4.90 Å². The minimum Gasteiger partial charge on any atom is -0.285 e. The largest absolute Gasteiger partial charge is 0.285 e. The predicted molar refractivity (Wildman–Crippen MR) is 103 cm³/mol. The minimum absolute atomic E-state index is 0.224. The van der Waals surface area contributed by atoms with Crippen molar-refractivity contribution in [1.82, 2.24) is 9.38 Å². The van der Waals surface area contributed by atoms with Crippen molar-refractivity contribution < 1.29 is 8.42 Å². The number of nitrogens with zero attached hydrogens (tertiary/aromatic N) is 2. The van der Waals surface area contributed by atoms with Crippen LogP contribution >= 0.6 is 0 Å². The first-order valence-corrected chi connectivity index (χ1v) is 9.65. The first-order valence-electron chi connectivity index (χ1n) is 8.16. The Morgan fingerprint density at radius 2 is 1.69 bits per heavy atom. The number of benzene rings is 2. The second-order valence-corrected chi connectivity index (χ2v) is 7.71. The summed E-state index contributed by atoms with van der Waals surface area (Å²) in [5.74, 6) is 0.424. The number of rotatable bonds is 4. The van der Waals surface area contributed by atoms with Gasteiger partial charge in [-0.2, -0.15) is 0 Å². The van der Waals surface area contributed by atoms with Gasteiger partial charge < -0.3 is 0 Å². The predicted octanol–water partition coefficient (Wildman–Crippen LogP) is 4.11. The average molecular weight is 363 g/mol.